The molecule has 0 fully saturated rings. The van der Waals surface area contributed by atoms with E-state index in [1.807, 2.05) is 38.1 Å². The first-order valence-corrected chi connectivity index (χ1v) is 7.00. The number of hydrogen-bond acceptors (Lipinski definition) is 4. The van der Waals surface area contributed by atoms with Gasteiger partial charge in [-0.3, -0.25) is 4.79 Å². The molecule has 1 aromatic heterocycles. The number of rotatable bonds is 5. The van der Waals surface area contributed by atoms with Crippen molar-refractivity contribution in [3.8, 4) is 0 Å². The SMILES string of the molecule is CNC(=O)c1ccc(CNC(C)c2c(C)noc2C)cc1. The average Bonchev–Trinajstić information content (AvgIpc) is 2.83. The summed E-state index contributed by atoms with van der Waals surface area (Å²) in [5.74, 6) is 0.779. The lowest BCUT2D eigenvalue weighted by molar-refractivity contribution is 0.0963. The van der Waals surface area contributed by atoms with Crippen LogP contribution in [0.4, 0.5) is 0 Å². The minimum atomic E-state index is -0.0707. The summed E-state index contributed by atoms with van der Waals surface area (Å²) in [6, 6.07) is 7.73. The molecule has 0 bridgehead atoms. The summed E-state index contributed by atoms with van der Waals surface area (Å²) in [4.78, 5) is 11.5. The Labute approximate surface area is 124 Å². The van der Waals surface area contributed by atoms with Gasteiger partial charge in [0.25, 0.3) is 5.91 Å². The van der Waals surface area contributed by atoms with Crippen LogP contribution in [0, 0.1) is 13.8 Å². The number of aryl methyl sites for hydroxylation is 2. The van der Waals surface area contributed by atoms with Crippen molar-refractivity contribution >= 4 is 5.91 Å². The van der Waals surface area contributed by atoms with Gasteiger partial charge in [-0.05, 0) is 38.5 Å². The van der Waals surface area contributed by atoms with Gasteiger partial charge in [-0.2, -0.15) is 0 Å². The lowest BCUT2D eigenvalue weighted by atomic mass is 10.1. The van der Waals surface area contributed by atoms with Crippen LogP contribution in [0.3, 0.4) is 0 Å². The highest BCUT2D eigenvalue weighted by atomic mass is 16.5. The fraction of sp³-hybridized carbons (Fsp3) is 0.375. The Hall–Kier alpha value is -2.14. The van der Waals surface area contributed by atoms with Crippen LogP contribution in [0.5, 0.6) is 0 Å². The molecule has 2 rings (SSSR count). The van der Waals surface area contributed by atoms with E-state index in [9.17, 15) is 4.79 Å². The van der Waals surface area contributed by atoms with Gasteiger partial charge in [0.2, 0.25) is 0 Å². The van der Waals surface area contributed by atoms with Gasteiger partial charge in [-0.25, -0.2) is 0 Å². The zero-order valence-corrected chi connectivity index (χ0v) is 12.9. The van der Waals surface area contributed by atoms with E-state index >= 15 is 0 Å². The molecule has 2 N–H and O–H groups in total. The van der Waals surface area contributed by atoms with Crippen molar-refractivity contribution in [1.29, 1.82) is 0 Å². The molecule has 5 heteroatoms. The normalized spacial score (nSPS) is 12.2. The lowest BCUT2D eigenvalue weighted by Gasteiger charge is -2.14. The van der Waals surface area contributed by atoms with Crippen molar-refractivity contribution < 1.29 is 9.32 Å². The molecule has 2 aromatic rings. The Morgan fingerprint density at radius 1 is 1.29 bits per heavy atom. The smallest absolute Gasteiger partial charge is 0.251 e. The van der Waals surface area contributed by atoms with Gasteiger partial charge in [-0.15, -0.1) is 0 Å². The zero-order valence-electron chi connectivity index (χ0n) is 12.9. The predicted octanol–water partition coefficient (Wildman–Crippen LogP) is 2.50. The van der Waals surface area contributed by atoms with E-state index in [1.165, 1.54) is 0 Å². The summed E-state index contributed by atoms with van der Waals surface area (Å²) in [6.45, 7) is 6.68. The van der Waals surface area contributed by atoms with E-state index in [4.69, 9.17) is 4.52 Å². The maximum atomic E-state index is 11.5. The number of benzene rings is 1. The number of hydrogen-bond donors (Lipinski definition) is 2. The zero-order chi connectivity index (χ0) is 15.4. The second-order valence-electron chi connectivity index (χ2n) is 5.12. The number of nitrogens with one attached hydrogen (secondary N) is 2. The molecule has 0 saturated carbocycles. The number of carbonyl (C=O) groups excluding carboxylic acids is 1. The number of amides is 1. The summed E-state index contributed by atoms with van der Waals surface area (Å²) in [5.41, 5.74) is 3.82. The molecule has 21 heavy (non-hydrogen) atoms. The lowest BCUT2D eigenvalue weighted by Crippen LogP contribution is -2.20. The van der Waals surface area contributed by atoms with Crippen molar-refractivity contribution in [1.82, 2.24) is 15.8 Å². The number of aromatic nitrogens is 1. The van der Waals surface area contributed by atoms with Crippen LogP contribution in [0.15, 0.2) is 28.8 Å². The highest BCUT2D eigenvalue weighted by Gasteiger charge is 2.15. The van der Waals surface area contributed by atoms with Crippen molar-refractivity contribution in [2.75, 3.05) is 7.05 Å². The molecule has 1 unspecified atom stereocenters. The monoisotopic (exact) mass is 287 g/mol. The third-order valence-corrected chi connectivity index (χ3v) is 3.58. The fourth-order valence-corrected chi connectivity index (χ4v) is 2.40. The summed E-state index contributed by atoms with van der Waals surface area (Å²) in [7, 11) is 1.63. The molecular weight excluding hydrogens is 266 g/mol. The van der Waals surface area contributed by atoms with Gasteiger partial charge in [0.05, 0.1) is 5.69 Å². The van der Waals surface area contributed by atoms with Gasteiger partial charge >= 0.3 is 0 Å². The molecule has 1 aromatic carbocycles. The highest BCUT2D eigenvalue weighted by molar-refractivity contribution is 5.93. The Morgan fingerprint density at radius 3 is 2.48 bits per heavy atom. The molecule has 0 aliphatic heterocycles. The summed E-state index contributed by atoms with van der Waals surface area (Å²) < 4.78 is 5.19. The van der Waals surface area contributed by atoms with Crippen LogP contribution < -0.4 is 10.6 Å². The molecule has 0 radical (unpaired) electrons. The Morgan fingerprint density at radius 2 is 1.95 bits per heavy atom. The first-order chi connectivity index (χ1) is 10.0. The van der Waals surface area contributed by atoms with Crippen LogP contribution in [0.1, 0.15) is 45.9 Å². The van der Waals surface area contributed by atoms with Crippen molar-refractivity contribution in [2.24, 2.45) is 0 Å². The van der Waals surface area contributed by atoms with Crippen LogP contribution in [0.2, 0.25) is 0 Å². The first-order valence-electron chi connectivity index (χ1n) is 7.00. The minimum Gasteiger partial charge on any atom is -0.361 e. The highest BCUT2D eigenvalue weighted by Crippen LogP contribution is 2.21. The molecule has 0 spiro atoms. The minimum absolute atomic E-state index is 0.0707. The summed E-state index contributed by atoms with van der Waals surface area (Å²) in [5, 5.41) is 10.0. The van der Waals surface area contributed by atoms with E-state index < -0.39 is 0 Å². The molecule has 0 aliphatic rings. The average molecular weight is 287 g/mol. The Kier molecular flexibility index (Phi) is 4.75. The number of carbonyl (C=O) groups is 1. The molecule has 0 saturated heterocycles. The van der Waals surface area contributed by atoms with Crippen molar-refractivity contribution in [3.05, 3.63) is 52.4 Å². The first kappa shape index (κ1) is 15.3. The Bertz CT molecular complexity index is 597. The van der Waals surface area contributed by atoms with Gasteiger partial charge in [-0.1, -0.05) is 17.3 Å². The van der Waals surface area contributed by atoms with Gasteiger partial charge in [0, 0.05) is 30.8 Å². The number of nitrogens with zero attached hydrogens (tertiary/aromatic N) is 1. The summed E-state index contributed by atoms with van der Waals surface area (Å²) >= 11 is 0. The summed E-state index contributed by atoms with van der Waals surface area (Å²) in [6.07, 6.45) is 0. The molecule has 1 amide bonds. The third kappa shape index (κ3) is 3.49. The second-order valence-corrected chi connectivity index (χ2v) is 5.12. The van der Waals surface area contributed by atoms with E-state index in [0.29, 0.717) is 5.56 Å². The molecule has 1 heterocycles. The van der Waals surface area contributed by atoms with E-state index in [0.717, 1.165) is 29.1 Å². The van der Waals surface area contributed by atoms with Crippen molar-refractivity contribution in [3.63, 3.8) is 0 Å². The standard InChI is InChI=1S/C16H21N3O2/c1-10(15-11(2)19-21-12(15)3)18-9-13-5-7-14(8-6-13)16(20)17-4/h5-8,10,18H,9H2,1-4H3,(H,17,20). The van der Waals surface area contributed by atoms with Gasteiger partial charge in [0.1, 0.15) is 5.76 Å². The largest absolute Gasteiger partial charge is 0.361 e. The van der Waals surface area contributed by atoms with Crippen LogP contribution in [-0.2, 0) is 6.54 Å². The van der Waals surface area contributed by atoms with E-state index in [2.05, 4.69) is 22.7 Å². The second kappa shape index (κ2) is 6.54. The van der Waals surface area contributed by atoms with Gasteiger partial charge < -0.3 is 15.2 Å². The topological polar surface area (TPSA) is 67.2 Å². The molecule has 5 nitrogen and oxygen atoms in total. The van der Waals surface area contributed by atoms with Crippen LogP contribution in [0.25, 0.3) is 0 Å². The van der Waals surface area contributed by atoms with Gasteiger partial charge in [0.15, 0.2) is 0 Å². The van der Waals surface area contributed by atoms with Crippen molar-refractivity contribution in [2.45, 2.75) is 33.4 Å². The molecule has 1 atom stereocenters. The molecular formula is C16H21N3O2. The predicted molar refractivity (Wildman–Crippen MR) is 81.1 cm³/mol. The van der Waals surface area contributed by atoms with E-state index in [-0.39, 0.29) is 11.9 Å². The quantitative estimate of drug-likeness (QED) is 0.886. The molecule has 112 valence electrons. The molecule has 0 aliphatic carbocycles. The fourth-order valence-electron chi connectivity index (χ4n) is 2.40. The maximum absolute atomic E-state index is 11.5. The Balaban J connectivity index is 1.98. The maximum Gasteiger partial charge on any atom is 0.251 e. The van der Waals surface area contributed by atoms with Crippen LogP contribution >= 0.6 is 0 Å². The van der Waals surface area contributed by atoms with Crippen LogP contribution in [-0.4, -0.2) is 18.1 Å². The third-order valence-electron chi connectivity index (χ3n) is 3.58. The van der Waals surface area contributed by atoms with E-state index in [1.54, 1.807) is 7.05 Å².